The molecule has 0 aromatic carbocycles. The van der Waals surface area contributed by atoms with Crippen LogP contribution in [-0.4, -0.2) is 46.1 Å². The molecule has 0 atom stereocenters. The molecular formula is C33H58N2. The Labute approximate surface area is 218 Å². The number of hydrogen-bond acceptors (Lipinski definition) is 2. The minimum atomic E-state index is 0.861. The van der Waals surface area contributed by atoms with Crippen molar-refractivity contribution in [3.8, 4) is 0 Å². The third-order valence-corrected chi connectivity index (χ3v) is 11.1. The van der Waals surface area contributed by atoms with E-state index in [0.29, 0.717) is 0 Å². The van der Waals surface area contributed by atoms with Gasteiger partial charge in [0.1, 0.15) is 0 Å². The first-order chi connectivity index (χ1) is 17.3. The normalized spacial score (nSPS) is 35.3. The molecule has 0 unspecified atom stereocenters. The second-order valence-electron chi connectivity index (χ2n) is 13.3. The zero-order valence-corrected chi connectivity index (χ0v) is 23.4. The SMILES string of the molecule is CC=CC1CCC(N(C2CCCCC2)C2CCC(N(C3CCCCC3)C3CCCCC3)CC2)CC1. The molecule has 5 saturated carbocycles. The van der Waals surface area contributed by atoms with Gasteiger partial charge in [-0.1, -0.05) is 69.9 Å². The lowest BCUT2D eigenvalue weighted by Gasteiger charge is -2.52. The van der Waals surface area contributed by atoms with Gasteiger partial charge in [-0.3, -0.25) is 9.80 Å². The second kappa shape index (κ2) is 13.5. The summed E-state index contributed by atoms with van der Waals surface area (Å²) in [6.45, 7) is 2.21. The van der Waals surface area contributed by atoms with Crippen molar-refractivity contribution in [3.63, 3.8) is 0 Å². The fraction of sp³-hybridized carbons (Fsp3) is 0.939. The highest BCUT2D eigenvalue weighted by Crippen LogP contribution is 2.40. The summed E-state index contributed by atoms with van der Waals surface area (Å²) in [5, 5.41) is 0. The standard InChI is InChI=1S/C33H58N2/c1-2-12-27-19-21-31(22-20-27)35(30-17-10-5-11-18-30)33-25-23-32(24-26-33)34(28-13-6-3-7-14-28)29-15-8-4-9-16-29/h2,12,27-33H,3-11,13-26H2,1H3. The maximum Gasteiger partial charge on any atom is 0.0102 e. The molecule has 0 aromatic rings. The molecule has 0 heterocycles. The van der Waals surface area contributed by atoms with Gasteiger partial charge in [0.2, 0.25) is 0 Å². The zero-order chi connectivity index (χ0) is 23.9. The summed E-state index contributed by atoms with van der Waals surface area (Å²) >= 11 is 0. The highest BCUT2D eigenvalue weighted by molar-refractivity contribution is 4.97. The molecule has 5 aliphatic carbocycles. The van der Waals surface area contributed by atoms with Crippen molar-refractivity contribution in [1.29, 1.82) is 0 Å². The molecule has 0 bridgehead atoms. The largest absolute Gasteiger partial charge is 0.294 e. The van der Waals surface area contributed by atoms with E-state index in [9.17, 15) is 0 Å². The highest BCUT2D eigenvalue weighted by atomic mass is 15.2. The number of rotatable bonds is 7. The van der Waals surface area contributed by atoms with E-state index in [4.69, 9.17) is 0 Å². The van der Waals surface area contributed by atoms with Crippen LogP contribution in [0.25, 0.3) is 0 Å². The molecule has 0 spiro atoms. The van der Waals surface area contributed by atoms with E-state index in [1.807, 2.05) is 0 Å². The smallest absolute Gasteiger partial charge is 0.0102 e. The fourth-order valence-corrected chi connectivity index (χ4v) is 9.45. The van der Waals surface area contributed by atoms with Crippen molar-refractivity contribution in [2.24, 2.45) is 5.92 Å². The van der Waals surface area contributed by atoms with Crippen LogP contribution in [0.2, 0.25) is 0 Å². The van der Waals surface area contributed by atoms with E-state index in [1.54, 1.807) is 0 Å². The molecule has 2 nitrogen and oxygen atoms in total. The van der Waals surface area contributed by atoms with E-state index in [0.717, 1.165) is 42.2 Å². The molecule has 200 valence electrons. The lowest BCUT2D eigenvalue weighted by atomic mass is 9.79. The van der Waals surface area contributed by atoms with E-state index in [2.05, 4.69) is 28.9 Å². The molecule has 0 N–H and O–H groups in total. The van der Waals surface area contributed by atoms with Crippen molar-refractivity contribution in [2.45, 2.75) is 191 Å². The Morgan fingerprint density at radius 2 is 0.657 bits per heavy atom. The maximum atomic E-state index is 3.19. The molecule has 0 aliphatic heterocycles. The molecule has 0 saturated heterocycles. The van der Waals surface area contributed by atoms with Crippen LogP contribution in [0.1, 0.15) is 155 Å². The monoisotopic (exact) mass is 482 g/mol. The van der Waals surface area contributed by atoms with Gasteiger partial charge in [-0.25, -0.2) is 0 Å². The van der Waals surface area contributed by atoms with Gasteiger partial charge in [0.15, 0.2) is 0 Å². The lowest BCUT2D eigenvalue weighted by molar-refractivity contribution is -0.0193. The third kappa shape index (κ3) is 6.76. The van der Waals surface area contributed by atoms with Gasteiger partial charge in [-0.2, -0.15) is 0 Å². The van der Waals surface area contributed by atoms with E-state index < -0.39 is 0 Å². The summed E-state index contributed by atoms with van der Waals surface area (Å²) in [6, 6.07) is 5.41. The molecule has 5 aliphatic rings. The Morgan fingerprint density at radius 3 is 0.971 bits per heavy atom. The van der Waals surface area contributed by atoms with Gasteiger partial charge in [0.25, 0.3) is 0 Å². The quantitative estimate of drug-likeness (QED) is 0.334. The molecule has 2 heteroatoms. The molecule has 5 fully saturated rings. The van der Waals surface area contributed by atoms with Gasteiger partial charge in [0.05, 0.1) is 0 Å². The Hall–Kier alpha value is -0.340. The average molecular weight is 483 g/mol. The summed E-state index contributed by atoms with van der Waals surface area (Å²) in [5.74, 6) is 0.861. The van der Waals surface area contributed by atoms with E-state index in [1.165, 1.54) is 148 Å². The van der Waals surface area contributed by atoms with Crippen molar-refractivity contribution in [3.05, 3.63) is 12.2 Å². The van der Waals surface area contributed by atoms with Gasteiger partial charge in [0, 0.05) is 36.3 Å². The zero-order valence-electron chi connectivity index (χ0n) is 23.4. The molecule has 0 amide bonds. The topological polar surface area (TPSA) is 6.48 Å². The predicted octanol–water partition coefficient (Wildman–Crippen LogP) is 9.03. The minimum absolute atomic E-state index is 0.861. The predicted molar refractivity (Wildman–Crippen MR) is 151 cm³/mol. The van der Waals surface area contributed by atoms with Crippen LogP contribution in [0.5, 0.6) is 0 Å². The van der Waals surface area contributed by atoms with Crippen LogP contribution in [-0.2, 0) is 0 Å². The van der Waals surface area contributed by atoms with Crippen molar-refractivity contribution < 1.29 is 0 Å². The maximum absolute atomic E-state index is 3.19. The average Bonchev–Trinajstić information content (AvgIpc) is 2.93. The Morgan fingerprint density at radius 1 is 0.371 bits per heavy atom. The Balaban J connectivity index is 1.24. The number of allylic oxidation sites excluding steroid dienone is 2. The van der Waals surface area contributed by atoms with Crippen LogP contribution >= 0.6 is 0 Å². The first-order valence-corrected chi connectivity index (χ1v) is 16.5. The van der Waals surface area contributed by atoms with E-state index >= 15 is 0 Å². The van der Waals surface area contributed by atoms with Crippen molar-refractivity contribution >= 4 is 0 Å². The fourth-order valence-electron chi connectivity index (χ4n) is 9.45. The summed E-state index contributed by atoms with van der Waals surface area (Å²) < 4.78 is 0. The van der Waals surface area contributed by atoms with Crippen LogP contribution in [0.15, 0.2) is 12.2 Å². The molecule has 0 aromatic heterocycles. The van der Waals surface area contributed by atoms with Crippen LogP contribution in [0.4, 0.5) is 0 Å². The molecule has 5 rings (SSSR count). The first-order valence-electron chi connectivity index (χ1n) is 16.5. The Kier molecular flexibility index (Phi) is 10.1. The van der Waals surface area contributed by atoms with Gasteiger partial charge >= 0.3 is 0 Å². The molecule has 35 heavy (non-hydrogen) atoms. The van der Waals surface area contributed by atoms with Crippen LogP contribution in [0.3, 0.4) is 0 Å². The summed E-state index contributed by atoms with van der Waals surface area (Å²) in [7, 11) is 0. The third-order valence-electron chi connectivity index (χ3n) is 11.1. The van der Waals surface area contributed by atoms with Crippen molar-refractivity contribution in [1.82, 2.24) is 9.80 Å². The van der Waals surface area contributed by atoms with Crippen LogP contribution in [0, 0.1) is 5.92 Å². The summed E-state index contributed by atoms with van der Waals surface area (Å²) in [6.07, 6.45) is 39.0. The Bertz CT molecular complexity index is 591. The van der Waals surface area contributed by atoms with Gasteiger partial charge in [-0.15, -0.1) is 0 Å². The van der Waals surface area contributed by atoms with Crippen molar-refractivity contribution in [2.75, 3.05) is 0 Å². The first kappa shape index (κ1) is 26.3. The van der Waals surface area contributed by atoms with Crippen LogP contribution < -0.4 is 0 Å². The summed E-state index contributed by atoms with van der Waals surface area (Å²) in [5.41, 5.74) is 0. The summed E-state index contributed by atoms with van der Waals surface area (Å²) in [4.78, 5) is 6.37. The number of nitrogens with zero attached hydrogens (tertiary/aromatic N) is 2. The second-order valence-corrected chi connectivity index (χ2v) is 13.3. The van der Waals surface area contributed by atoms with Gasteiger partial charge < -0.3 is 0 Å². The van der Waals surface area contributed by atoms with Gasteiger partial charge in [-0.05, 0) is 103 Å². The lowest BCUT2D eigenvalue weighted by Crippen LogP contribution is -2.56. The molecular weight excluding hydrogens is 424 g/mol. The molecule has 0 radical (unpaired) electrons. The van der Waals surface area contributed by atoms with E-state index in [-0.39, 0.29) is 0 Å². The minimum Gasteiger partial charge on any atom is -0.294 e. The highest BCUT2D eigenvalue weighted by Gasteiger charge is 2.40. The number of hydrogen-bond donors (Lipinski definition) is 0.